The number of fused-ring (bicyclic) bond motifs is 1. The van der Waals surface area contributed by atoms with Crippen LogP contribution in [0.2, 0.25) is 0 Å². The molecule has 2 aliphatic rings. The third-order valence-corrected chi connectivity index (χ3v) is 6.10. The highest BCUT2D eigenvalue weighted by molar-refractivity contribution is 7.15. The molecule has 142 valence electrons. The van der Waals surface area contributed by atoms with Crippen LogP contribution < -0.4 is 15.0 Å². The summed E-state index contributed by atoms with van der Waals surface area (Å²) in [4.78, 5) is 32.6. The number of carbonyl (C=O) groups excluding carboxylic acids is 2. The van der Waals surface area contributed by atoms with Crippen LogP contribution in [0.3, 0.4) is 0 Å². The molecule has 1 fully saturated rings. The molecule has 2 heterocycles. The van der Waals surface area contributed by atoms with Gasteiger partial charge >= 0.3 is 0 Å². The lowest BCUT2D eigenvalue weighted by Gasteiger charge is -2.17. The number of carbonyl (C=O) groups is 2. The van der Waals surface area contributed by atoms with Crippen LogP contribution in [0.4, 0.5) is 10.8 Å². The first-order valence-corrected chi connectivity index (χ1v) is 10.3. The van der Waals surface area contributed by atoms with Crippen molar-refractivity contribution in [1.29, 1.82) is 0 Å². The van der Waals surface area contributed by atoms with Crippen molar-refractivity contribution in [3.63, 3.8) is 0 Å². The van der Waals surface area contributed by atoms with Crippen molar-refractivity contribution in [2.75, 3.05) is 23.4 Å². The van der Waals surface area contributed by atoms with E-state index in [-0.39, 0.29) is 24.2 Å². The number of ether oxygens (including phenoxy) is 1. The van der Waals surface area contributed by atoms with Crippen molar-refractivity contribution in [3.05, 3.63) is 34.8 Å². The number of hydrogen-bond acceptors (Lipinski definition) is 5. The van der Waals surface area contributed by atoms with Crippen molar-refractivity contribution in [1.82, 2.24) is 4.98 Å². The highest BCUT2D eigenvalue weighted by Gasteiger charge is 2.35. The molecule has 0 radical (unpaired) electrons. The van der Waals surface area contributed by atoms with Gasteiger partial charge in [-0.2, -0.15) is 0 Å². The largest absolute Gasteiger partial charge is 0.494 e. The average molecular weight is 385 g/mol. The standard InChI is InChI=1S/C20H23N3O3S/c1-2-26-15-9-7-14(8-10-15)23-12-13(11-18(23)24)19(25)22-20-21-16-5-3-4-6-17(16)27-20/h7-10,13H,2-6,11-12H2,1H3,(H,21,22,25)/t13-/m1/s1. The molecule has 4 rings (SSSR count). The van der Waals surface area contributed by atoms with Gasteiger partial charge in [-0.1, -0.05) is 0 Å². The quantitative estimate of drug-likeness (QED) is 0.856. The molecule has 7 heteroatoms. The van der Waals surface area contributed by atoms with Gasteiger partial charge in [0.15, 0.2) is 5.13 Å². The van der Waals surface area contributed by atoms with Crippen LogP contribution in [-0.4, -0.2) is 29.9 Å². The Morgan fingerprint density at radius 3 is 2.81 bits per heavy atom. The molecule has 1 aromatic heterocycles. The summed E-state index contributed by atoms with van der Waals surface area (Å²) in [6, 6.07) is 7.41. The van der Waals surface area contributed by atoms with Crippen LogP contribution in [0, 0.1) is 5.92 Å². The maximum atomic E-state index is 12.6. The molecular formula is C20H23N3O3S. The Bertz CT molecular complexity index is 823. The van der Waals surface area contributed by atoms with Gasteiger partial charge in [-0.25, -0.2) is 4.98 Å². The summed E-state index contributed by atoms with van der Waals surface area (Å²) < 4.78 is 5.44. The van der Waals surface area contributed by atoms with Crippen LogP contribution in [0.1, 0.15) is 36.8 Å². The number of anilines is 2. The number of nitrogens with zero attached hydrogens (tertiary/aromatic N) is 2. The van der Waals surface area contributed by atoms with E-state index in [1.807, 2.05) is 31.2 Å². The van der Waals surface area contributed by atoms with Gasteiger partial charge in [0.05, 0.1) is 18.2 Å². The van der Waals surface area contributed by atoms with E-state index in [2.05, 4.69) is 10.3 Å². The molecular weight excluding hydrogens is 362 g/mol. The van der Waals surface area contributed by atoms with Crippen molar-refractivity contribution in [2.45, 2.75) is 39.0 Å². The topological polar surface area (TPSA) is 71.5 Å². The smallest absolute Gasteiger partial charge is 0.231 e. The van der Waals surface area contributed by atoms with Crippen LogP contribution >= 0.6 is 11.3 Å². The van der Waals surface area contributed by atoms with E-state index in [4.69, 9.17) is 4.74 Å². The highest BCUT2D eigenvalue weighted by atomic mass is 32.1. The van der Waals surface area contributed by atoms with E-state index in [1.165, 1.54) is 11.3 Å². The molecule has 1 N–H and O–H groups in total. The van der Waals surface area contributed by atoms with E-state index >= 15 is 0 Å². The third kappa shape index (κ3) is 3.83. The summed E-state index contributed by atoms with van der Waals surface area (Å²) in [6.07, 6.45) is 4.63. The van der Waals surface area contributed by atoms with Gasteiger partial charge in [0, 0.05) is 23.5 Å². The van der Waals surface area contributed by atoms with Gasteiger partial charge in [-0.3, -0.25) is 9.59 Å². The lowest BCUT2D eigenvalue weighted by atomic mass is 10.0. The van der Waals surface area contributed by atoms with E-state index in [1.54, 1.807) is 16.2 Å². The number of thiazole rings is 1. The Morgan fingerprint density at radius 2 is 2.07 bits per heavy atom. The Hall–Kier alpha value is -2.41. The van der Waals surface area contributed by atoms with Gasteiger partial charge in [-0.15, -0.1) is 11.3 Å². The Morgan fingerprint density at radius 1 is 1.30 bits per heavy atom. The highest BCUT2D eigenvalue weighted by Crippen LogP contribution is 2.31. The van der Waals surface area contributed by atoms with Crippen molar-refractivity contribution in [3.8, 4) is 5.75 Å². The average Bonchev–Trinajstić information content (AvgIpc) is 3.25. The van der Waals surface area contributed by atoms with Crippen LogP contribution in [0.25, 0.3) is 0 Å². The lowest BCUT2D eigenvalue weighted by molar-refractivity contribution is -0.122. The summed E-state index contributed by atoms with van der Waals surface area (Å²) in [5.74, 6) is 0.264. The van der Waals surface area contributed by atoms with Crippen molar-refractivity contribution >= 4 is 34.0 Å². The molecule has 1 aliphatic heterocycles. The predicted octanol–water partition coefficient (Wildman–Crippen LogP) is 3.41. The minimum atomic E-state index is -0.356. The molecule has 27 heavy (non-hydrogen) atoms. The number of aryl methyl sites for hydroxylation is 2. The van der Waals surface area contributed by atoms with Gasteiger partial charge in [-0.05, 0) is 56.9 Å². The fourth-order valence-corrected chi connectivity index (χ4v) is 4.69. The first kappa shape index (κ1) is 18.0. The number of amides is 2. The van der Waals surface area contributed by atoms with E-state index in [0.29, 0.717) is 18.3 Å². The molecule has 1 aromatic carbocycles. The first-order valence-electron chi connectivity index (χ1n) is 9.46. The molecule has 0 saturated carbocycles. The zero-order valence-electron chi connectivity index (χ0n) is 15.4. The minimum absolute atomic E-state index is 0.0299. The monoisotopic (exact) mass is 385 g/mol. The lowest BCUT2D eigenvalue weighted by Crippen LogP contribution is -2.28. The van der Waals surface area contributed by atoms with Crippen LogP contribution in [-0.2, 0) is 22.4 Å². The Kier molecular flexibility index (Phi) is 5.11. The van der Waals surface area contributed by atoms with Gasteiger partial charge in [0.1, 0.15) is 5.75 Å². The van der Waals surface area contributed by atoms with Crippen molar-refractivity contribution in [2.24, 2.45) is 5.92 Å². The summed E-state index contributed by atoms with van der Waals surface area (Å²) in [5, 5.41) is 3.59. The predicted molar refractivity (Wildman–Crippen MR) is 105 cm³/mol. The van der Waals surface area contributed by atoms with Gasteiger partial charge in [0.2, 0.25) is 11.8 Å². The maximum absolute atomic E-state index is 12.6. The summed E-state index contributed by atoms with van der Waals surface area (Å²) >= 11 is 1.57. The second-order valence-corrected chi connectivity index (χ2v) is 8.00. The van der Waals surface area contributed by atoms with Gasteiger partial charge < -0.3 is 15.0 Å². The summed E-state index contributed by atoms with van der Waals surface area (Å²) in [6.45, 7) is 2.92. The molecule has 2 amide bonds. The van der Waals surface area contributed by atoms with Crippen LogP contribution in [0.15, 0.2) is 24.3 Å². The number of hydrogen-bond donors (Lipinski definition) is 1. The molecule has 1 saturated heterocycles. The molecule has 1 aliphatic carbocycles. The fourth-order valence-electron chi connectivity index (χ4n) is 3.63. The van der Waals surface area contributed by atoms with E-state index < -0.39 is 0 Å². The van der Waals surface area contributed by atoms with E-state index in [9.17, 15) is 9.59 Å². The molecule has 1 atom stereocenters. The van der Waals surface area contributed by atoms with Gasteiger partial charge in [0.25, 0.3) is 0 Å². The van der Waals surface area contributed by atoms with Crippen molar-refractivity contribution < 1.29 is 14.3 Å². The summed E-state index contributed by atoms with van der Waals surface area (Å²) in [7, 11) is 0. The van der Waals surface area contributed by atoms with Crippen LogP contribution in [0.5, 0.6) is 5.75 Å². The first-order chi connectivity index (χ1) is 13.1. The SMILES string of the molecule is CCOc1ccc(N2C[C@H](C(=O)Nc3nc4c(s3)CCCC4)CC2=O)cc1. The third-order valence-electron chi connectivity index (χ3n) is 5.03. The van der Waals surface area contributed by atoms with E-state index in [0.717, 1.165) is 36.4 Å². The summed E-state index contributed by atoms with van der Waals surface area (Å²) in [5.41, 5.74) is 1.92. The maximum Gasteiger partial charge on any atom is 0.231 e. The molecule has 2 aromatic rings. The molecule has 0 unspecified atom stereocenters. The zero-order chi connectivity index (χ0) is 18.8. The Balaban J connectivity index is 1.40. The number of aromatic nitrogens is 1. The molecule has 0 bridgehead atoms. The number of benzene rings is 1. The number of rotatable bonds is 5. The second kappa shape index (κ2) is 7.68. The minimum Gasteiger partial charge on any atom is -0.494 e. The zero-order valence-corrected chi connectivity index (χ0v) is 16.2. The number of nitrogens with one attached hydrogen (secondary N) is 1. The second-order valence-electron chi connectivity index (χ2n) is 6.92. The Labute approximate surface area is 162 Å². The fraction of sp³-hybridized carbons (Fsp3) is 0.450. The molecule has 0 spiro atoms. The normalized spacial score (nSPS) is 19.1. The molecule has 6 nitrogen and oxygen atoms in total.